The van der Waals surface area contributed by atoms with Gasteiger partial charge >= 0.3 is 0 Å². The van der Waals surface area contributed by atoms with Gasteiger partial charge in [-0.05, 0) is 37.3 Å². The lowest BCUT2D eigenvalue weighted by Gasteiger charge is -2.30. The van der Waals surface area contributed by atoms with Gasteiger partial charge in [-0.3, -0.25) is 4.79 Å². The molecule has 1 amide bonds. The Kier molecular flexibility index (Phi) is 5.07. The number of carbonyl (C=O) groups excluding carboxylic acids is 1. The Morgan fingerprint density at radius 1 is 1.22 bits per heavy atom. The molecule has 0 radical (unpaired) electrons. The van der Waals surface area contributed by atoms with E-state index in [9.17, 15) is 4.79 Å². The predicted molar refractivity (Wildman–Crippen MR) is 107 cm³/mol. The fourth-order valence-electron chi connectivity index (χ4n) is 2.98. The smallest absolute Gasteiger partial charge is 0.246 e. The first kappa shape index (κ1) is 17.5. The van der Waals surface area contributed by atoms with E-state index in [1.807, 2.05) is 55.5 Å². The fraction of sp³-hybridized carbons (Fsp3) is 0.238. The summed E-state index contributed by atoms with van der Waals surface area (Å²) in [4.78, 5) is 18.9. The van der Waals surface area contributed by atoms with E-state index in [4.69, 9.17) is 9.47 Å². The van der Waals surface area contributed by atoms with E-state index in [-0.39, 0.29) is 12.0 Å². The lowest BCUT2D eigenvalue weighted by atomic mass is 10.2. The molecule has 0 saturated heterocycles. The Morgan fingerprint density at radius 3 is 2.81 bits per heavy atom. The number of benzene rings is 2. The summed E-state index contributed by atoms with van der Waals surface area (Å²) >= 11 is 1.57. The molecule has 1 aliphatic rings. The van der Waals surface area contributed by atoms with Crippen molar-refractivity contribution in [3.05, 3.63) is 59.6 Å². The summed E-state index contributed by atoms with van der Waals surface area (Å²) in [7, 11) is 0. The highest BCUT2D eigenvalue weighted by atomic mass is 32.1. The molecular weight excluding hydrogens is 360 g/mol. The fourth-order valence-corrected chi connectivity index (χ4v) is 3.85. The van der Waals surface area contributed by atoms with Gasteiger partial charge < -0.3 is 14.4 Å². The van der Waals surface area contributed by atoms with E-state index < -0.39 is 0 Å². The van der Waals surface area contributed by atoms with Crippen molar-refractivity contribution in [2.75, 3.05) is 19.7 Å². The summed E-state index contributed by atoms with van der Waals surface area (Å²) in [6.07, 6.45) is 3.18. The average Bonchev–Trinajstić information content (AvgIpc) is 3.13. The molecule has 1 aromatic heterocycles. The summed E-state index contributed by atoms with van der Waals surface area (Å²) < 4.78 is 12.8. The van der Waals surface area contributed by atoms with Crippen LogP contribution in [0.4, 0.5) is 0 Å². The van der Waals surface area contributed by atoms with Crippen molar-refractivity contribution in [3.8, 4) is 11.5 Å². The maximum absolute atomic E-state index is 12.6. The van der Waals surface area contributed by atoms with Crippen molar-refractivity contribution in [2.24, 2.45) is 0 Å². The number of carbonyl (C=O) groups is 1. The van der Waals surface area contributed by atoms with Gasteiger partial charge in [0, 0.05) is 12.6 Å². The van der Waals surface area contributed by atoms with Crippen LogP contribution in [0.5, 0.6) is 11.5 Å². The zero-order valence-electron chi connectivity index (χ0n) is 15.0. The molecule has 2 aromatic carbocycles. The van der Waals surface area contributed by atoms with Crippen LogP contribution in [-0.4, -0.2) is 41.6 Å². The maximum Gasteiger partial charge on any atom is 0.246 e. The van der Waals surface area contributed by atoms with Crippen molar-refractivity contribution < 1.29 is 14.3 Å². The van der Waals surface area contributed by atoms with E-state index in [2.05, 4.69) is 4.98 Å². The molecule has 0 bridgehead atoms. The molecule has 3 aromatic rings. The van der Waals surface area contributed by atoms with Crippen LogP contribution in [0, 0.1) is 0 Å². The highest BCUT2D eigenvalue weighted by molar-refractivity contribution is 7.19. The molecular formula is C21H20N2O3S. The van der Waals surface area contributed by atoms with Crippen molar-refractivity contribution in [2.45, 2.75) is 13.0 Å². The van der Waals surface area contributed by atoms with Crippen LogP contribution in [0.1, 0.15) is 11.9 Å². The van der Waals surface area contributed by atoms with Crippen LogP contribution < -0.4 is 9.47 Å². The number of hydrogen-bond acceptors (Lipinski definition) is 5. The monoisotopic (exact) mass is 380 g/mol. The average molecular weight is 380 g/mol. The van der Waals surface area contributed by atoms with Crippen molar-refractivity contribution in [1.29, 1.82) is 0 Å². The third-order valence-electron chi connectivity index (χ3n) is 4.36. The van der Waals surface area contributed by atoms with E-state index in [1.54, 1.807) is 28.4 Å². The first-order valence-electron chi connectivity index (χ1n) is 8.94. The molecule has 0 unspecified atom stereocenters. The minimum atomic E-state index is -0.181. The number of thiazole rings is 1. The first-order chi connectivity index (χ1) is 13.2. The van der Waals surface area contributed by atoms with Crippen molar-refractivity contribution in [1.82, 2.24) is 9.88 Å². The van der Waals surface area contributed by atoms with Gasteiger partial charge in [0.2, 0.25) is 5.91 Å². The zero-order chi connectivity index (χ0) is 18.6. The van der Waals surface area contributed by atoms with Gasteiger partial charge in [0.15, 0.2) is 17.6 Å². The number of para-hydroxylation sites is 3. The predicted octanol–water partition coefficient (Wildman–Crippen LogP) is 4.00. The number of likely N-dealkylation sites (N-methyl/N-ethyl adjacent to an activating group) is 1. The van der Waals surface area contributed by atoms with Gasteiger partial charge in [-0.2, -0.15) is 0 Å². The van der Waals surface area contributed by atoms with E-state index in [0.29, 0.717) is 19.7 Å². The molecule has 138 valence electrons. The van der Waals surface area contributed by atoms with Crippen LogP contribution in [0.25, 0.3) is 16.3 Å². The third kappa shape index (κ3) is 3.95. The number of fused-ring (bicyclic) bond motifs is 2. The normalized spacial score (nSPS) is 16.0. The Balaban J connectivity index is 1.41. The standard InChI is InChI=1S/C21H20N2O3S/c1-2-23(13-15-14-25-17-8-4-5-9-18(17)26-15)21(24)12-11-20-22-16-7-3-6-10-19(16)27-20/h3-12,15H,2,13-14H2,1H3/b12-11+/t15-/m0/s1. The molecule has 0 aliphatic carbocycles. The van der Waals surface area contributed by atoms with Crippen LogP contribution in [0.2, 0.25) is 0 Å². The molecule has 2 heterocycles. The molecule has 5 nitrogen and oxygen atoms in total. The van der Waals surface area contributed by atoms with E-state index in [0.717, 1.165) is 26.7 Å². The Morgan fingerprint density at radius 2 is 2.00 bits per heavy atom. The lowest BCUT2D eigenvalue weighted by Crippen LogP contribution is -2.43. The summed E-state index contributed by atoms with van der Waals surface area (Å²) in [5.41, 5.74) is 0.952. The molecule has 0 fully saturated rings. The largest absolute Gasteiger partial charge is 0.486 e. The van der Waals surface area contributed by atoms with Gasteiger partial charge in [0.1, 0.15) is 11.6 Å². The third-order valence-corrected chi connectivity index (χ3v) is 5.37. The highest BCUT2D eigenvalue weighted by Gasteiger charge is 2.24. The van der Waals surface area contributed by atoms with Gasteiger partial charge in [-0.25, -0.2) is 4.98 Å². The molecule has 0 N–H and O–H groups in total. The molecule has 27 heavy (non-hydrogen) atoms. The van der Waals surface area contributed by atoms with Crippen LogP contribution >= 0.6 is 11.3 Å². The first-order valence-corrected chi connectivity index (χ1v) is 9.75. The molecule has 0 saturated carbocycles. The summed E-state index contributed by atoms with van der Waals surface area (Å²) in [5, 5.41) is 0.826. The number of hydrogen-bond donors (Lipinski definition) is 0. The lowest BCUT2D eigenvalue weighted by molar-refractivity contribution is -0.127. The van der Waals surface area contributed by atoms with Gasteiger partial charge in [0.05, 0.1) is 16.8 Å². The number of aromatic nitrogens is 1. The van der Waals surface area contributed by atoms with E-state index in [1.165, 1.54) is 0 Å². The summed E-state index contributed by atoms with van der Waals surface area (Å²) in [6, 6.07) is 15.5. The molecule has 1 atom stereocenters. The number of ether oxygens (including phenoxy) is 2. The molecule has 6 heteroatoms. The minimum absolute atomic E-state index is 0.0563. The second-order valence-electron chi connectivity index (χ2n) is 6.23. The van der Waals surface area contributed by atoms with Crippen molar-refractivity contribution >= 4 is 33.5 Å². The molecule has 4 rings (SSSR count). The van der Waals surface area contributed by atoms with E-state index >= 15 is 0 Å². The number of rotatable bonds is 5. The van der Waals surface area contributed by atoms with Crippen LogP contribution in [0.15, 0.2) is 54.6 Å². The topological polar surface area (TPSA) is 51.7 Å². The van der Waals surface area contributed by atoms with Gasteiger partial charge in [0.25, 0.3) is 0 Å². The molecule has 1 aliphatic heterocycles. The second-order valence-corrected chi connectivity index (χ2v) is 7.29. The minimum Gasteiger partial charge on any atom is -0.486 e. The molecule has 0 spiro atoms. The summed E-state index contributed by atoms with van der Waals surface area (Å²) in [5.74, 6) is 1.42. The SMILES string of the molecule is CCN(C[C@H]1COc2ccccc2O1)C(=O)/C=C/c1nc2ccccc2s1. The van der Waals surface area contributed by atoms with Crippen LogP contribution in [0.3, 0.4) is 0 Å². The Hall–Kier alpha value is -2.86. The van der Waals surface area contributed by atoms with Crippen LogP contribution in [-0.2, 0) is 4.79 Å². The number of amides is 1. The highest BCUT2D eigenvalue weighted by Crippen LogP contribution is 2.31. The maximum atomic E-state index is 12.6. The number of nitrogens with zero attached hydrogens (tertiary/aromatic N) is 2. The van der Waals surface area contributed by atoms with Gasteiger partial charge in [-0.15, -0.1) is 11.3 Å². The quantitative estimate of drug-likeness (QED) is 0.628. The second kappa shape index (κ2) is 7.80. The zero-order valence-corrected chi connectivity index (χ0v) is 15.8. The van der Waals surface area contributed by atoms with Crippen molar-refractivity contribution in [3.63, 3.8) is 0 Å². The van der Waals surface area contributed by atoms with Gasteiger partial charge in [-0.1, -0.05) is 24.3 Å². The Bertz CT molecular complexity index is 949. The summed E-state index contributed by atoms with van der Waals surface area (Å²) in [6.45, 7) is 3.47. The Labute approximate surface area is 161 Å².